The first kappa shape index (κ1) is 20.0. The number of ether oxygens (including phenoxy) is 1. The van der Waals surface area contributed by atoms with E-state index in [1.807, 2.05) is 0 Å². The van der Waals surface area contributed by atoms with Gasteiger partial charge in [-0.25, -0.2) is 9.07 Å². The first-order chi connectivity index (χ1) is 13.4. The molecule has 1 atom stereocenters. The molecule has 7 nitrogen and oxygen atoms in total. The van der Waals surface area contributed by atoms with E-state index in [9.17, 15) is 9.18 Å². The van der Waals surface area contributed by atoms with Gasteiger partial charge in [-0.05, 0) is 55.5 Å². The van der Waals surface area contributed by atoms with Gasteiger partial charge in [0.1, 0.15) is 18.2 Å². The molecule has 0 saturated carbocycles. The highest BCUT2D eigenvalue weighted by molar-refractivity contribution is 8.00. The van der Waals surface area contributed by atoms with Gasteiger partial charge in [-0.15, -0.1) is 10.2 Å². The molecule has 3 rings (SSSR count). The van der Waals surface area contributed by atoms with Crippen LogP contribution in [0.4, 0.5) is 10.1 Å². The van der Waals surface area contributed by atoms with Gasteiger partial charge >= 0.3 is 0 Å². The Labute approximate surface area is 170 Å². The van der Waals surface area contributed by atoms with E-state index in [1.54, 1.807) is 31.2 Å². The van der Waals surface area contributed by atoms with Crippen molar-refractivity contribution in [2.45, 2.75) is 23.9 Å². The minimum absolute atomic E-state index is 0.113. The van der Waals surface area contributed by atoms with Gasteiger partial charge in [0, 0.05) is 10.7 Å². The minimum Gasteiger partial charge on any atom is -0.486 e. The molecule has 3 N–H and O–H groups in total. The van der Waals surface area contributed by atoms with Gasteiger partial charge in [0.2, 0.25) is 11.1 Å². The van der Waals surface area contributed by atoms with Crippen LogP contribution in [0.3, 0.4) is 0 Å². The van der Waals surface area contributed by atoms with E-state index in [0.717, 1.165) is 11.8 Å². The molecule has 0 spiro atoms. The van der Waals surface area contributed by atoms with E-state index >= 15 is 0 Å². The Balaban J connectivity index is 1.57. The van der Waals surface area contributed by atoms with Gasteiger partial charge in [0.05, 0.1) is 5.25 Å². The van der Waals surface area contributed by atoms with E-state index < -0.39 is 5.25 Å². The number of halogens is 2. The fourth-order valence-corrected chi connectivity index (χ4v) is 3.07. The first-order valence-electron chi connectivity index (χ1n) is 8.23. The van der Waals surface area contributed by atoms with Crippen molar-refractivity contribution in [2.24, 2.45) is 0 Å². The van der Waals surface area contributed by atoms with Crippen LogP contribution >= 0.6 is 23.4 Å². The van der Waals surface area contributed by atoms with Crippen molar-refractivity contribution >= 4 is 35.0 Å². The third-order valence-corrected chi connectivity index (χ3v) is 4.99. The predicted octanol–water partition coefficient (Wildman–Crippen LogP) is 3.48. The molecule has 0 saturated heterocycles. The smallest absolute Gasteiger partial charge is 0.237 e. The molecule has 1 amide bonds. The quantitative estimate of drug-likeness (QED) is 0.448. The van der Waals surface area contributed by atoms with Gasteiger partial charge in [0.15, 0.2) is 5.82 Å². The summed E-state index contributed by atoms with van der Waals surface area (Å²) in [6.45, 7) is 1.82. The molecule has 2 aromatic carbocycles. The van der Waals surface area contributed by atoms with Crippen molar-refractivity contribution in [3.8, 4) is 5.75 Å². The van der Waals surface area contributed by atoms with Gasteiger partial charge < -0.3 is 15.9 Å². The number of amides is 1. The van der Waals surface area contributed by atoms with E-state index in [1.165, 1.54) is 28.9 Å². The lowest BCUT2D eigenvalue weighted by Gasteiger charge is -2.11. The van der Waals surface area contributed by atoms with Gasteiger partial charge in [0.25, 0.3) is 0 Å². The molecule has 146 valence electrons. The van der Waals surface area contributed by atoms with Crippen LogP contribution in [-0.2, 0) is 11.4 Å². The monoisotopic (exact) mass is 421 g/mol. The second-order valence-electron chi connectivity index (χ2n) is 5.77. The standard InChI is InChI=1S/C18H17ClFN5O2S/c1-11(17(26)22-14-6-4-13(20)5-7-14)28-18-24-23-16(25(18)21)10-27-15-8-2-12(19)3-9-15/h2-9,11H,10,21H2,1H3,(H,22,26). The number of thioether (sulfide) groups is 1. The Hall–Kier alpha value is -2.78. The topological polar surface area (TPSA) is 95.1 Å². The van der Waals surface area contributed by atoms with Crippen molar-refractivity contribution in [3.63, 3.8) is 0 Å². The molecule has 0 radical (unpaired) electrons. The lowest BCUT2D eigenvalue weighted by molar-refractivity contribution is -0.115. The van der Waals surface area contributed by atoms with Crippen LogP contribution in [0.1, 0.15) is 12.7 Å². The summed E-state index contributed by atoms with van der Waals surface area (Å²) < 4.78 is 19.8. The Kier molecular flexibility index (Phi) is 6.37. The van der Waals surface area contributed by atoms with Crippen LogP contribution < -0.4 is 15.9 Å². The number of rotatable bonds is 7. The number of benzene rings is 2. The third-order valence-electron chi connectivity index (χ3n) is 3.68. The number of carbonyl (C=O) groups is 1. The minimum atomic E-state index is -0.499. The molecule has 10 heteroatoms. The van der Waals surface area contributed by atoms with Gasteiger partial charge in [-0.2, -0.15) is 0 Å². The summed E-state index contributed by atoms with van der Waals surface area (Å²) in [6.07, 6.45) is 0. The molecule has 28 heavy (non-hydrogen) atoms. The fraction of sp³-hybridized carbons (Fsp3) is 0.167. The van der Waals surface area contributed by atoms with E-state index in [0.29, 0.717) is 27.4 Å². The first-order valence-corrected chi connectivity index (χ1v) is 9.49. The summed E-state index contributed by atoms with van der Waals surface area (Å²) in [6, 6.07) is 12.4. The molecule has 0 aliphatic heterocycles. The Morgan fingerprint density at radius 2 is 1.93 bits per heavy atom. The SMILES string of the molecule is CC(Sc1nnc(COc2ccc(Cl)cc2)n1N)C(=O)Nc1ccc(F)cc1. The summed E-state index contributed by atoms with van der Waals surface area (Å²) >= 11 is 6.99. The number of nitrogens with two attached hydrogens (primary N) is 1. The van der Waals surface area contributed by atoms with Gasteiger partial charge in [-0.3, -0.25) is 4.79 Å². The second-order valence-corrected chi connectivity index (χ2v) is 7.51. The van der Waals surface area contributed by atoms with Crippen LogP contribution in [0.25, 0.3) is 0 Å². The number of aromatic nitrogens is 3. The van der Waals surface area contributed by atoms with Crippen molar-refractivity contribution in [2.75, 3.05) is 11.2 Å². The molecule has 1 unspecified atom stereocenters. The number of nitrogen functional groups attached to an aromatic ring is 1. The van der Waals surface area contributed by atoms with E-state index in [4.69, 9.17) is 22.2 Å². The Morgan fingerprint density at radius 3 is 2.61 bits per heavy atom. The van der Waals surface area contributed by atoms with E-state index in [-0.39, 0.29) is 18.3 Å². The van der Waals surface area contributed by atoms with E-state index in [2.05, 4.69) is 15.5 Å². The Morgan fingerprint density at radius 1 is 1.25 bits per heavy atom. The van der Waals surface area contributed by atoms with Crippen molar-refractivity contribution in [3.05, 3.63) is 65.2 Å². The predicted molar refractivity (Wildman–Crippen MR) is 106 cm³/mol. The van der Waals surface area contributed by atoms with Crippen LogP contribution in [0.5, 0.6) is 5.75 Å². The van der Waals surface area contributed by atoms with Crippen LogP contribution in [0.15, 0.2) is 53.7 Å². The Bertz CT molecular complexity index is 950. The summed E-state index contributed by atoms with van der Waals surface area (Å²) in [7, 11) is 0. The maximum atomic E-state index is 12.9. The molecule has 1 heterocycles. The zero-order chi connectivity index (χ0) is 20.1. The third kappa shape index (κ3) is 5.14. The number of nitrogens with one attached hydrogen (secondary N) is 1. The van der Waals surface area contributed by atoms with Crippen LogP contribution in [0, 0.1) is 5.82 Å². The molecule has 1 aromatic heterocycles. The van der Waals surface area contributed by atoms with Crippen molar-refractivity contribution < 1.29 is 13.9 Å². The molecule has 0 aliphatic carbocycles. The maximum absolute atomic E-state index is 12.9. The molecular formula is C18H17ClFN5O2S. The second kappa shape index (κ2) is 8.94. The summed E-state index contributed by atoms with van der Waals surface area (Å²) in [5, 5.41) is 11.2. The number of carbonyl (C=O) groups excluding carboxylic acids is 1. The average molecular weight is 422 g/mol. The summed E-state index contributed by atoms with van der Waals surface area (Å²) in [4.78, 5) is 12.3. The zero-order valence-electron chi connectivity index (χ0n) is 14.8. The van der Waals surface area contributed by atoms with Crippen molar-refractivity contribution in [1.29, 1.82) is 0 Å². The fourth-order valence-electron chi connectivity index (χ4n) is 2.15. The normalized spacial score (nSPS) is 11.8. The lowest BCUT2D eigenvalue weighted by atomic mass is 10.3. The largest absolute Gasteiger partial charge is 0.486 e. The highest BCUT2D eigenvalue weighted by atomic mass is 35.5. The number of anilines is 1. The maximum Gasteiger partial charge on any atom is 0.237 e. The summed E-state index contributed by atoms with van der Waals surface area (Å²) in [5.74, 6) is 6.40. The van der Waals surface area contributed by atoms with Crippen molar-refractivity contribution in [1.82, 2.24) is 14.9 Å². The molecule has 0 aliphatic rings. The zero-order valence-corrected chi connectivity index (χ0v) is 16.4. The number of nitrogens with zero attached hydrogens (tertiary/aromatic N) is 3. The molecule has 0 fully saturated rings. The molecule has 3 aromatic rings. The average Bonchev–Trinajstić information content (AvgIpc) is 3.03. The van der Waals surface area contributed by atoms with Crippen LogP contribution in [-0.4, -0.2) is 26.0 Å². The summed E-state index contributed by atoms with van der Waals surface area (Å²) in [5.41, 5.74) is 0.505. The molecule has 0 bridgehead atoms. The number of hydrogen-bond donors (Lipinski definition) is 2. The number of hydrogen-bond acceptors (Lipinski definition) is 6. The highest BCUT2D eigenvalue weighted by Gasteiger charge is 2.19. The molecular weight excluding hydrogens is 405 g/mol. The van der Waals surface area contributed by atoms with Gasteiger partial charge in [-0.1, -0.05) is 23.4 Å². The van der Waals surface area contributed by atoms with Crippen LogP contribution in [0.2, 0.25) is 5.02 Å². The highest BCUT2D eigenvalue weighted by Crippen LogP contribution is 2.23. The lowest BCUT2D eigenvalue weighted by Crippen LogP contribution is -2.24.